The van der Waals surface area contributed by atoms with Gasteiger partial charge >= 0.3 is 0 Å². The van der Waals surface area contributed by atoms with Gasteiger partial charge in [-0.2, -0.15) is 0 Å². The average Bonchev–Trinajstić information content (AvgIpc) is 2.54. The Morgan fingerprint density at radius 2 is 0.636 bits per heavy atom. The standard InChI is InChI=1S/C22H40/c1-3-5-7-9-11-13-15-17-19-21-22-20-18-16-14-12-10-8-6-4-2/h1-13,15,17-22H2. The molecule has 0 saturated heterocycles. The van der Waals surface area contributed by atoms with Crippen molar-refractivity contribution in [1.29, 1.82) is 0 Å². The van der Waals surface area contributed by atoms with Crippen LogP contribution in [0.3, 0.4) is 0 Å². The fourth-order valence-electron chi connectivity index (χ4n) is 2.72. The van der Waals surface area contributed by atoms with Gasteiger partial charge in [0, 0.05) is 12.8 Å². The van der Waals surface area contributed by atoms with Crippen molar-refractivity contribution in [2.75, 3.05) is 0 Å². The van der Waals surface area contributed by atoms with Gasteiger partial charge in [-0.15, -0.1) is 11.8 Å². The Hall–Kier alpha value is -0.440. The van der Waals surface area contributed by atoms with Gasteiger partial charge in [0.15, 0.2) is 0 Å². The van der Waals surface area contributed by atoms with Crippen molar-refractivity contribution >= 4 is 0 Å². The van der Waals surface area contributed by atoms with Crippen LogP contribution in [0.5, 0.6) is 0 Å². The summed E-state index contributed by atoms with van der Waals surface area (Å²) in [6.45, 7) is 7.75. The van der Waals surface area contributed by atoms with Gasteiger partial charge in [0.2, 0.25) is 0 Å². The molecule has 128 valence electrons. The molecule has 0 atom stereocenters. The van der Waals surface area contributed by atoms with Gasteiger partial charge in [-0.25, -0.2) is 0 Å². The summed E-state index contributed by atoms with van der Waals surface area (Å²) < 4.78 is 0. The molecule has 0 aromatic heterocycles. The third kappa shape index (κ3) is 19.6. The average molecular weight is 305 g/mol. The van der Waals surface area contributed by atoms with Crippen molar-refractivity contribution in [2.45, 2.75) is 116 Å². The van der Waals surface area contributed by atoms with Crippen LogP contribution in [0.25, 0.3) is 0 Å². The van der Waals surface area contributed by atoms with Crippen LogP contribution in [0, 0.1) is 25.7 Å². The van der Waals surface area contributed by atoms with E-state index in [9.17, 15) is 0 Å². The van der Waals surface area contributed by atoms with Crippen LogP contribution < -0.4 is 0 Å². The van der Waals surface area contributed by atoms with E-state index in [1.165, 1.54) is 89.9 Å². The number of rotatable bonds is 16. The zero-order valence-electron chi connectivity index (χ0n) is 15.1. The summed E-state index contributed by atoms with van der Waals surface area (Å²) in [6.07, 6.45) is 23.6. The molecule has 2 radical (unpaired) electrons. The number of hydrogen-bond acceptors (Lipinski definition) is 0. The molecule has 0 aliphatic rings. The molecule has 22 heavy (non-hydrogen) atoms. The molecule has 0 N–H and O–H groups in total. The van der Waals surface area contributed by atoms with Gasteiger partial charge in [0.25, 0.3) is 0 Å². The highest BCUT2D eigenvalue weighted by Crippen LogP contribution is 2.12. The molecule has 0 aromatic rings. The van der Waals surface area contributed by atoms with Crippen molar-refractivity contribution in [3.05, 3.63) is 13.8 Å². The molecule has 0 saturated carbocycles. The van der Waals surface area contributed by atoms with E-state index < -0.39 is 0 Å². The minimum absolute atomic E-state index is 1.07. The van der Waals surface area contributed by atoms with Crippen LogP contribution in [-0.4, -0.2) is 0 Å². The van der Waals surface area contributed by atoms with Gasteiger partial charge in [0.1, 0.15) is 0 Å². The highest BCUT2D eigenvalue weighted by Gasteiger charge is 1.93. The third-order valence-electron chi connectivity index (χ3n) is 4.23. The second kappa shape index (κ2) is 20.6. The minimum atomic E-state index is 1.07. The quantitative estimate of drug-likeness (QED) is 0.202. The molecule has 0 bridgehead atoms. The Morgan fingerprint density at radius 3 is 1.00 bits per heavy atom. The lowest BCUT2D eigenvalue weighted by Crippen LogP contribution is -1.82. The zero-order chi connectivity index (χ0) is 16.1. The van der Waals surface area contributed by atoms with E-state index in [2.05, 4.69) is 25.7 Å². The van der Waals surface area contributed by atoms with Crippen LogP contribution in [0.4, 0.5) is 0 Å². The molecule has 0 heteroatoms. The van der Waals surface area contributed by atoms with Gasteiger partial charge < -0.3 is 0 Å². The zero-order valence-corrected chi connectivity index (χ0v) is 15.1. The van der Waals surface area contributed by atoms with E-state index >= 15 is 0 Å². The highest BCUT2D eigenvalue weighted by molar-refractivity contribution is 4.98. The first-order valence-electron chi connectivity index (χ1n) is 9.96. The van der Waals surface area contributed by atoms with Crippen LogP contribution in [0.2, 0.25) is 0 Å². The van der Waals surface area contributed by atoms with Crippen molar-refractivity contribution in [1.82, 2.24) is 0 Å². The molecule has 0 aromatic carbocycles. The minimum Gasteiger partial charge on any atom is -0.103 e. The van der Waals surface area contributed by atoms with E-state index in [1.54, 1.807) is 0 Å². The lowest BCUT2D eigenvalue weighted by molar-refractivity contribution is 0.548. The van der Waals surface area contributed by atoms with Gasteiger partial charge in [-0.3, -0.25) is 0 Å². The predicted octanol–water partition coefficient (Wildman–Crippen LogP) is 7.68. The van der Waals surface area contributed by atoms with Crippen molar-refractivity contribution in [3.63, 3.8) is 0 Å². The maximum absolute atomic E-state index is 3.89. The molecule has 0 aliphatic heterocycles. The molecule has 0 spiro atoms. The van der Waals surface area contributed by atoms with E-state index in [0.29, 0.717) is 0 Å². The fraction of sp³-hybridized carbons (Fsp3) is 0.818. The molecule has 0 aliphatic carbocycles. The van der Waals surface area contributed by atoms with Crippen LogP contribution in [0.15, 0.2) is 0 Å². The van der Waals surface area contributed by atoms with Crippen molar-refractivity contribution in [3.8, 4) is 11.8 Å². The van der Waals surface area contributed by atoms with E-state index in [0.717, 1.165) is 25.7 Å². The summed E-state index contributed by atoms with van der Waals surface area (Å²) >= 11 is 0. The number of unbranched alkanes of at least 4 members (excludes halogenated alkanes) is 16. The van der Waals surface area contributed by atoms with E-state index in [-0.39, 0.29) is 0 Å². The Morgan fingerprint density at radius 1 is 0.364 bits per heavy atom. The summed E-state index contributed by atoms with van der Waals surface area (Å²) in [7, 11) is 0. The summed E-state index contributed by atoms with van der Waals surface area (Å²) in [4.78, 5) is 0. The van der Waals surface area contributed by atoms with Crippen molar-refractivity contribution < 1.29 is 0 Å². The molecule has 0 rings (SSSR count). The third-order valence-corrected chi connectivity index (χ3v) is 4.23. The summed E-state index contributed by atoms with van der Waals surface area (Å²) in [6, 6.07) is 0. The Bertz CT molecular complexity index is 242. The summed E-state index contributed by atoms with van der Waals surface area (Å²) in [5.74, 6) is 6.64. The molecule has 0 unspecified atom stereocenters. The predicted molar refractivity (Wildman–Crippen MR) is 102 cm³/mol. The van der Waals surface area contributed by atoms with Crippen molar-refractivity contribution in [2.24, 2.45) is 0 Å². The summed E-state index contributed by atoms with van der Waals surface area (Å²) in [5.41, 5.74) is 0. The largest absolute Gasteiger partial charge is 0.103 e. The second-order valence-corrected chi connectivity index (χ2v) is 6.51. The SMILES string of the molecule is [CH2]CCCCCC#CCCCCCCCCCCCCC[CH2]. The number of hydrogen-bond donors (Lipinski definition) is 0. The van der Waals surface area contributed by atoms with Crippen LogP contribution in [-0.2, 0) is 0 Å². The maximum Gasteiger partial charge on any atom is 0.00886 e. The van der Waals surface area contributed by atoms with Gasteiger partial charge in [-0.1, -0.05) is 104 Å². The Balaban J connectivity index is 3.04. The van der Waals surface area contributed by atoms with Gasteiger partial charge in [-0.05, 0) is 12.8 Å². The monoisotopic (exact) mass is 304 g/mol. The first-order chi connectivity index (χ1) is 10.9. The van der Waals surface area contributed by atoms with Crippen LogP contribution >= 0.6 is 0 Å². The smallest absolute Gasteiger partial charge is 0.00886 e. The highest BCUT2D eigenvalue weighted by atomic mass is 14.0. The Labute approximate surface area is 141 Å². The lowest BCUT2D eigenvalue weighted by Gasteiger charge is -2.01. The molecular formula is C22H40. The van der Waals surface area contributed by atoms with Gasteiger partial charge in [0.05, 0.1) is 0 Å². The van der Waals surface area contributed by atoms with Crippen LogP contribution in [0.1, 0.15) is 116 Å². The maximum atomic E-state index is 3.89. The second-order valence-electron chi connectivity index (χ2n) is 6.51. The lowest BCUT2D eigenvalue weighted by atomic mass is 10.0. The molecule has 0 heterocycles. The fourth-order valence-corrected chi connectivity index (χ4v) is 2.72. The first kappa shape index (κ1) is 21.6. The van der Waals surface area contributed by atoms with E-state index in [4.69, 9.17) is 0 Å². The first-order valence-corrected chi connectivity index (χ1v) is 9.96. The molecule has 0 fully saturated rings. The van der Waals surface area contributed by atoms with E-state index in [1.807, 2.05) is 0 Å². The normalized spacial score (nSPS) is 10.5. The molecule has 0 amide bonds. The topological polar surface area (TPSA) is 0 Å². The Kier molecular flexibility index (Phi) is 20.1. The summed E-state index contributed by atoms with van der Waals surface area (Å²) in [5, 5.41) is 0. The molecule has 0 nitrogen and oxygen atoms in total. The molecular weight excluding hydrogens is 264 g/mol.